The highest BCUT2D eigenvalue weighted by atomic mass is 32.2. The summed E-state index contributed by atoms with van der Waals surface area (Å²) in [5, 5.41) is 0.715. The highest BCUT2D eigenvalue weighted by Gasteiger charge is 2.34. The molecule has 7 heteroatoms. The molecule has 2 aromatic carbocycles. The Labute approximate surface area is 175 Å². The molecule has 3 aromatic rings. The first kappa shape index (κ1) is 20.3. The summed E-state index contributed by atoms with van der Waals surface area (Å²) in [5.41, 5.74) is 2.42. The van der Waals surface area contributed by atoms with Gasteiger partial charge in [0.05, 0.1) is 17.9 Å². The predicted octanol–water partition coefficient (Wildman–Crippen LogP) is 2.86. The summed E-state index contributed by atoms with van der Waals surface area (Å²) < 4.78 is 29.4. The number of rotatable bonds is 5. The third kappa shape index (κ3) is 4.46. The van der Waals surface area contributed by atoms with Crippen molar-refractivity contribution in [1.82, 2.24) is 4.90 Å². The fourth-order valence-electron chi connectivity index (χ4n) is 3.97. The highest BCUT2D eigenvalue weighted by molar-refractivity contribution is 7.91. The number of hydrogen-bond acceptors (Lipinski definition) is 5. The van der Waals surface area contributed by atoms with E-state index in [1.165, 1.54) is 6.07 Å². The van der Waals surface area contributed by atoms with Crippen LogP contribution in [0.15, 0.2) is 63.8 Å². The first-order valence-electron chi connectivity index (χ1n) is 9.88. The summed E-state index contributed by atoms with van der Waals surface area (Å²) in [6, 6.07) is 16.0. The van der Waals surface area contributed by atoms with Crippen LogP contribution in [0.3, 0.4) is 0 Å². The number of amides is 1. The van der Waals surface area contributed by atoms with Gasteiger partial charge in [-0.3, -0.25) is 4.79 Å². The minimum atomic E-state index is -3.14. The zero-order valence-corrected chi connectivity index (χ0v) is 17.5. The van der Waals surface area contributed by atoms with Crippen LogP contribution in [-0.4, -0.2) is 36.8 Å². The Balaban J connectivity index is 1.67. The largest absolute Gasteiger partial charge is 0.423 e. The number of nitrogens with zero attached hydrogens (tertiary/aromatic N) is 1. The van der Waals surface area contributed by atoms with Gasteiger partial charge in [-0.1, -0.05) is 42.5 Å². The van der Waals surface area contributed by atoms with E-state index in [9.17, 15) is 18.0 Å². The molecule has 0 aliphatic carbocycles. The van der Waals surface area contributed by atoms with Crippen molar-refractivity contribution in [1.29, 1.82) is 0 Å². The Kier molecular flexibility index (Phi) is 5.47. The minimum absolute atomic E-state index is 0.00847. The fraction of sp³-hybridized carbons (Fsp3) is 0.304. The molecule has 156 valence electrons. The molecule has 0 saturated carbocycles. The van der Waals surface area contributed by atoms with Gasteiger partial charge in [-0.15, -0.1) is 0 Å². The number of aryl methyl sites for hydroxylation is 1. The summed E-state index contributed by atoms with van der Waals surface area (Å²) in [7, 11) is -3.14. The Bertz CT molecular complexity index is 1250. The van der Waals surface area contributed by atoms with E-state index in [1.54, 1.807) is 11.0 Å². The van der Waals surface area contributed by atoms with Gasteiger partial charge >= 0.3 is 5.63 Å². The van der Waals surface area contributed by atoms with E-state index < -0.39 is 15.5 Å². The molecule has 30 heavy (non-hydrogen) atoms. The van der Waals surface area contributed by atoms with Gasteiger partial charge in [-0.25, -0.2) is 13.2 Å². The summed E-state index contributed by atoms with van der Waals surface area (Å²) in [6.45, 7) is 2.23. The van der Waals surface area contributed by atoms with Crippen LogP contribution in [0.2, 0.25) is 0 Å². The number of fused-ring (bicyclic) bond motifs is 1. The smallest absolute Gasteiger partial charge is 0.336 e. The van der Waals surface area contributed by atoms with Gasteiger partial charge in [-0.2, -0.15) is 0 Å². The lowest BCUT2D eigenvalue weighted by Crippen LogP contribution is -2.41. The molecule has 1 atom stereocenters. The second-order valence-corrected chi connectivity index (χ2v) is 10.1. The van der Waals surface area contributed by atoms with Crippen LogP contribution in [0.4, 0.5) is 0 Å². The summed E-state index contributed by atoms with van der Waals surface area (Å²) in [6.07, 6.45) is 0.437. The van der Waals surface area contributed by atoms with Crippen LogP contribution in [0.5, 0.6) is 0 Å². The molecule has 0 bridgehead atoms. The van der Waals surface area contributed by atoms with Crippen molar-refractivity contribution in [2.75, 3.05) is 11.5 Å². The molecule has 1 aliphatic heterocycles. The van der Waals surface area contributed by atoms with E-state index in [1.807, 2.05) is 49.4 Å². The minimum Gasteiger partial charge on any atom is -0.423 e. The van der Waals surface area contributed by atoms with E-state index in [2.05, 4.69) is 0 Å². The van der Waals surface area contributed by atoms with Gasteiger partial charge in [-0.05, 0) is 36.1 Å². The normalized spacial score (nSPS) is 17.8. The van der Waals surface area contributed by atoms with E-state index in [4.69, 9.17) is 4.42 Å². The number of carbonyl (C=O) groups is 1. The van der Waals surface area contributed by atoms with Crippen molar-refractivity contribution < 1.29 is 17.6 Å². The molecule has 4 rings (SSSR count). The fourth-order valence-corrected chi connectivity index (χ4v) is 5.70. The molecule has 1 unspecified atom stereocenters. The predicted molar refractivity (Wildman–Crippen MR) is 115 cm³/mol. The number of benzene rings is 2. The molecular formula is C23H23NO5S. The van der Waals surface area contributed by atoms with Crippen molar-refractivity contribution in [2.45, 2.75) is 32.4 Å². The lowest BCUT2D eigenvalue weighted by atomic mass is 10.0. The SMILES string of the molecule is Cc1ccc2c(CC(=O)N(Cc3ccccc3)C3CCS(=O)(=O)C3)cc(=O)oc2c1. The number of carbonyl (C=O) groups excluding carboxylic acids is 1. The maximum atomic E-state index is 13.3. The van der Waals surface area contributed by atoms with Crippen LogP contribution >= 0.6 is 0 Å². The first-order valence-corrected chi connectivity index (χ1v) is 11.7. The zero-order chi connectivity index (χ0) is 21.3. The van der Waals surface area contributed by atoms with Crippen LogP contribution in [-0.2, 0) is 27.6 Å². The molecule has 1 saturated heterocycles. The number of sulfone groups is 1. The molecule has 1 aliphatic rings. The van der Waals surface area contributed by atoms with Gasteiger partial charge in [0, 0.05) is 24.0 Å². The van der Waals surface area contributed by atoms with Gasteiger partial charge < -0.3 is 9.32 Å². The number of hydrogen-bond donors (Lipinski definition) is 0. The molecule has 2 heterocycles. The van der Waals surface area contributed by atoms with Gasteiger partial charge in [0.25, 0.3) is 0 Å². The zero-order valence-electron chi connectivity index (χ0n) is 16.7. The Morgan fingerprint density at radius 3 is 2.60 bits per heavy atom. The van der Waals surface area contributed by atoms with E-state index in [0.29, 0.717) is 29.5 Å². The molecule has 0 spiro atoms. The van der Waals surface area contributed by atoms with Crippen molar-refractivity contribution >= 4 is 26.7 Å². The molecule has 1 fully saturated rings. The topological polar surface area (TPSA) is 84.7 Å². The van der Waals surface area contributed by atoms with Crippen molar-refractivity contribution in [2.24, 2.45) is 0 Å². The van der Waals surface area contributed by atoms with Crippen molar-refractivity contribution in [3.8, 4) is 0 Å². The Hall–Kier alpha value is -2.93. The van der Waals surface area contributed by atoms with E-state index in [-0.39, 0.29) is 29.9 Å². The molecule has 1 amide bonds. The molecular weight excluding hydrogens is 402 g/mol. The highest BCUT2D eigenvalue weighted by Crippen LogP contribution is 2.24. The van der Waals surface area contributed by atoms with Crippen LogP contribution in [0, 0.1) is 6.92 Å². The van der Waals surface area contributed by atoms with Gasteiger partial charge in [0.1, 0.15) is 5.58 Å². The van der Waals surface area contributed by atoms with E-state index in [0.717, 1.165) is 11.1 Å². The Morgan fingerprint density at radius 1 is 1.13 bits per heavy atom. The third-order valence-electron chi connectivity index (χ3n) is 5.49. The third-order valence-corrected chi connectivity index (χ3v) is 7.24. The van der Waals surface area contributed by atoms with Gasteiger partial charge in [0.2, 0.25) is 5.91 Å². The van der Waals surface area contributed by atoms with Crippen molar-refractivity contribution in [3.05, 3.63) is 81.7 Å². The van der Waals surface area contributed by atoms with Crippen molar-refractivity contribution in [3.63, 3.8) is 0 Å². The molecule has 1 aromatic heterocycles. The summed E-state index contributed by atoms with van der Waals surface area (Å²) >= 11 is 0. The average Bonchev–Trinajstić information content (AvgIpc) is 3.05. The quantitative estimate of drug-likeness (QED) is 0.587. The standard InChI is InChI=1S/C23H23NO5S/c1-16-7-8-20-18(13-23(26)29-21(20)11-16)12-22(25)24(14-17-5-3-2-4-6-17)19-9-10-30(27,28)15-19/h2-8,11,13,19H,9-10,12,14-15H2,1H3. The lowest BCUT2D eigenvalue weighted by molar-refractivity contribution is -0.133. The molecule has 0 N–H and O–H groups in total. The summed E-state index contributed by atoms with van der Waals surface area (Å²) in [5.74, 6) is -0.135. The average molecular weight is 426 g/mol. The van der Waals surface area contributed by atoms with Crippen LogP contribution in [0.25, 0.3) is 11.0 Å². The maximum absolute atomic E-state index is 13.3. The second kappa shape index (κ2) is 8.07. The monoisotopic (exact) mass is 425 g/mol. The van der Waals surface area contributed by atoms with Crippen LogP contribution < -0.4 is 5.63 Å². The summed E-state index contributed by atoms with van der Waals surface area (Å²) in [4.78, 5) is 27.0. The lowest BCUT2D eigenvalue weighted by Gasteiger charge is -2.28. The Morgan fingerprint density at radius 2 is 1.90 bits per heavy atom. The van der Waals surface area contributed by atoms with Gasteiger partial charge in [0.15, 0.2) is 9.84 Å². The van der Waals surface area contributed by atoms with E-state index >= 15 is 0 Å². The first-order chi connectivity index (χ1) is 14.3. The maximum Gasteiger partial charge on any atom is 0.336 e. The second-order valence-electron chi connectivity index (χ2n) is 7.83. The van der Waals surface area contributed by atoms with Crippen LogP contribution in [0.1, 0.15) is 23.1 Å². The molecule has 0 radical (unpaired) electrons. The molecule has 6 nitrogen and oxygen atoms in total.